The molecule has 2 fully saturated rings. The molecule has 1 aromatic rings. The van der Waals surface area contributed by atoms with Crippen LogP contribution < -0.4 is 0 Å². The molecule has 0 radical (unpaired) electrons. The van der Waals surface area contributed by atoms with E-state index < -0.39 is 0 Å². The van der Waals surface area contributed by atoms with E-state index >= 15 is 0 Å². The summed E-state index contributed by atoms with van der Waals surface area (Å²) in [7, 11) is 0. The van der Waals surface area contributed by atoms with Gasteiger partial charge in [0.15, 0.2) is 0 Å². The summed E-state index contributed by atoms with van der Waals surface area (Å²) < 4.78 is 5.84. The van der Waals surface area contributed by atoms with E-state index in [2.05, 4.69) is 68.7 Å². The summed E-state index contributed by atoms with van der Waals surface area (Å²) in [5.41, 5.74) is 1.50. The number of rotatable bonds is 5. The van der Waals surface area contributed by atoms with Crippen LogP contribution in [-0.4, -0.2) is 66.4 Å². The van der Waals surface area contributed by atoms with Gasteiger partial charge in [0.1, 0.15) is 0 Å². The Kier molecular flexibility index (Phi) is 7.69. The zero-order valence-electron chi connectivity index (χ0n) is 18.8. The Labute approximate surface area is 181 Å². The normalized spacial score (nSPS) is 24.7. The van der Waals surface area contributed by atoms with Crippen LogP contribution in [0.1, 0.15) is 53.0 Å². The van der Waals surface area contributed by atoms with E-state index in [1.165, 1.54) is 10.5 Å². The Balaban J connectivity index is 1.40. The van der Waals surface area contributed by atoms with Crippen molar-refractivity contribution in [1.82, 2.24) is 9.80 Å². The van der Waals surface area contributed by atoms with E-state index in [9.17, 15) is 4.79 Å². The first kappa shape index (κ1) is 22.6. The molecular weight excluding hydrogens is 380 g/mol. The standard InChI is InChI=1S/C24H38N2O2S/c1-18-14-25(15-19(2)28-18)16-20-10-12-26(13-11-20)23(27)17-29-22-8-6-21(7-9-22)24(3,4)5/h6-9,18-20H,10-17H2,1-5H3. The average molecular weight is 419 g/mol. The largest absolute Gasteiger partial charge is 0.373 e. The van der Waals surface area contributed by atoms with E-state index in [4.69, 9.17) is 4.74 Å². The lowest BCUT2D eigenvalue weighted by Gasteiger charge is -2.39. The second-order valence-electron chi connectivity index (χ2n) is 9.86. The minimum absolute atomic E-state index is 0.167. The monoisotopic (exact) mass is 418 g/mol. The van der Waals surface area contributed by atoms with Crippen molar-refractivity contribution in [3.05, 3.63) is 29.8 Å². The maximum Gasteiger partial charge on any atom is 0.232 e. The van der Waals surface area contributed by atoms with Gasteiger partial charge in [0.05, 0.1) is 18.0 Å². The molecule has 2 heterocycles. The highest BCUT2D eigenvalue weighted by atomic mass is 32.2. The first-order chi connectivity index (χ1) is 13.7. The number of nitrogens with zero attached hydrogens (tertiary/aromatic N) is 2. The average Bonchev–Trinajstić information content (AvgIpc) is 2.65. The van der Waals surface area contributed by atoms with Gasteiger partial charge in [0, 0.05) is 37.6 Å². The third-order valence-electron chi connectivity index (χ3n) is 6.06. The predicted molar refractivity (Wildman–Crippen MR) is 122 cm³/mol. The smallest absolute Gasteiger partial charge is 0.232 e. The summed E-state index contributed by atoms with van der Waals surface area (Å²) in [5.74, 6) is 1.52. The molecule has 2 atom stereocenters. The fraction of sp³-hybridized carbons (Fsp3) is 0.708. The van der Waals surface area contributed by atoms with E-state index in [-0.39, 0.29) is 11.3 Å². The minimum atomic E-state index is 0.167. The number of benzene rings is 1. The van der Waals surface area contributed by atoms with E-state index in [1.807, 2.05) is 0 Å². The number of hydrogen-bond acceptors (Lipinski definition) is 4. The van der Waals surface area contributed by atoms with Gasteiger partial charge in [-0.05, 0) is 55.7 Å². The van der Waals surface area contributed by atoms with Crippen molar-refractivity contribution in [2.24, 2.45) is 5.92 Å². The molecule has 0 aromatic heterocycles. The van der Waals surface area contributed by atoms with Gasteiger partial charge in [0.2, 0.25) is 5.91 Å². The lowest BCUT2D eigenvalue weighted by Crippen LogP contribution is -2.48. The molecule has 2 aliphatic rings. The van der Waals surface area contributed by atoms with Gasteiger partial charge in [-0.2, -0.15) is 0 Å². The second-order valence-corrected chi connectivity index (χ2v) is 10.9. The van der Waals surface area contributed by atoms with E-state index in [0.717, 1.165) is 45.6 Å². The van der Waals surface area contributed by atoms with Crippen LogP contribution in [0, 0.1) is 5.92 Å². The van der Waals surface area contributed by atoms with Crippen LogP contribution in [0.3, 0.4) is 0 Å². The lowest BCUT2D eigenvalue weighted by molar-refractivity contribution is -0.129. The molecule has 0 aliphatic carbocycles. The molecule has 0 N–H and O–H groups in total. The summed E-state index contributed by atoms with van der Waals surface area (Å²) >= 11 is 1.66. The Bertz CT molecular complexity index is 652. The molecular formula is C24H38N2O2S. The van der Waals surface area contributed by atoms with Gasteiger partial charge in [-0.25, -0.2) is 0 Å². The first-order valence-corrected chi connectivity index (χ1v) is 12.1. The Morgan fingerprint density at radius 1 is 1.07 bits per heavy atom. The molecule has 3 rings (SSSR count). The van der Waals surface area contributed by atoms with E-state index in [0.29, 0.717) is 23.9 Å². The molecule has 29 heavy (non-hydrogen) atoms. The van der Waals surface area contributed by atoms with Crippen molar-refractivity contribution in [3.63, 3.8) is 0 Å². The molecule has 2 unspecified atom stereocenters. The Morgan fingerprint density at radius 3 is 2.21 bits per heavy atom. The minimum Gasteiger partial charge on any atom is -0.373 e. The highest BCUT2D eigenvalue weighted by Crippen LogP contribution is 2.26. The summed E-state index contributed by atoms with van der Waals surface area (Å²) in [4.78, 5) is 18.5. The molecule has 162 valence electrons. The molecule has 1 amide bonds. The van der Waals surface area contributed by atoms with Crippen LogP contribution in [0.2, 0.25) is 0 Å². The van der Waals surface area contributed by atoms with Gasteiger partial charge >= 0.3 is 0 Å². The van der Waals surface area contributed by atoms with Crippen molar-refractivity contribution >= 4 is 17.7 Å². The van der Waals surface area contributed by atoms with Crippen molar-refractivity contribution < 1.29 is 9.53 Å². The number of amides is 1. The SMILES string of the molecule is CC1CN(CC2CCN(C(=O)CSc3ccc(C(C)(C)C)cc3)CC2)CC(C)O1. The molecule has 4 nitrogen and oxygen atoms in total. The van der Waals surface area contributed by atoms with Crippen LogP contribution in [0.5, 0.6) is 0 Å². The third kappa shape index (κ3) is 6.73. The molecule has 0 spiro atoms. The zero-order valence-corrected chi connectivity index (χ0v) is 19.6. The predicted octanol–water partition coefficient (Wildman–Crippen LogP) is 4.42. The molecule has 1 aromatic carbocycles. The number of hydrogen-bond donors (Lipinski definition) is 0. The van der Waals surface area contributed by atoms with Crippen molar-refractivity contribution in [1.29, 1.82) is 0 Å². The van der Waals surface area contributed by atoms with Crippen LogP contribution in [0.25, 0.3) is 0 Å². The molecule has 2 aliphatic heterocycles. The van der Waals surface area contributed by atoms with E-state index in [1.54, 1.807) is 11.8 Å². The quantitative estimate of drug-likeness (QED) is 0.663. The Hall–Kier alpha value is -1.04. The highest BCUT2D eigenvalue weighted by Gasteiger charge is 2.28. The molecule has 5 heteroatoms. The van der Waals surface area contributed by atoms with Gasteiger partial charge in [-0.3, -0.25) is 9.69 Å². The molecule has 2 saturated heterocycles. The van der Waals surface area contributed by atoms with Gasteiger partial charge in [0.25, 0.3) is 0 Å². The third-order valence-corrected chi connectivity index (χ3v) is 7.06. The van der Waals surface area contributed by atoms with Crippen LogP contribution in [0.15, 0.2) is 29.2 Å². The maximum atomic E-state index is 12.7. The number of carbonyl (C=O) groups excluding carboxylic acids is 1. The molecule has 0 saturated carbocycles. The summed E-state index contributed by atoms with van der Waals surface area (Å²) in [5, 5.41) is 0. The number of piperidine rings is 1. The van der Waals surface area contributed by atoms with Gasteiger partial charge < -0.3 is 9.64 Å². The molecule has 0 bridgehead atoms. The van der Waals surface area contributed by atoms with Crippen molar-refractivity contribution in [2.75, 3.05) is 38.5 Å². The second kappa shape index (κ2) is 9.84. The summed E-state index contributed by atoms with van der Waals surface area (Å²) in [6, 6.07) is 8.67. The topological polar surface area (TPSA) is 32.8 Å². The summed E-state index contributed by atoms with van der Waals surface area (Å²) in [6.45, 7) is 16.0. The number of thioether (sulfide) groups is 1. The highest BCUT2D eigenvalue weighted by molar-refractivity contribution is 8.00. The fourth-order valence-electron chi connectivity index (χ4n) is 4.45. The van der Waals surface area contributed by atoms with Crippen molar-refractivity contribution in [2.45, 2.75) is 70.0 Å². The number of ether oxygens (including phenoxy) is 1. The fourth-order valence-corrected chi connectivity index (χ4v) is 5.25. The van der Waals surface area contributed by atoms with Crippen LogP contribution in [-0.2, 0) is 14.9 Å². The lowest BCUT2D eigenvalue weighted by atomic mass is 9.87. The van der Waals surface area contributed by atoms with Gasteiger partial charge in [-0.1, -0.05) is 32.9 Å². The van der Waals surface area contributed by atoms with Gasteiger partial charge in [-0.15, -0.1) is 11.8 Å². The number of likely N-dealkylation sites (tertiary alicyclic amines) is 1. The summed E-state index contributed by atoms with van der Waals surface area (Å²) in [6.07, 6.45) is 2.90. The number of morpholine rings is 1. The van der Waals surface area contributed by atoms with Crippen LogP contribution >= 0.6 is 11.8 Å². The first-order valence-electron chi connectivity index (χ1n) is 11.1. The van der Waals surface area contributed by atoms with Crippen molar-refractivity contribution in [3.8, 4) is 0 Å². The van der Waals surface area contributed by atoms with Crippen LogP contribution in [0.4, 0.5) is 0 Å². The Morgan fingerprint density at radius 2 is 1.66 bits per heavy atom. The number of carbonyl (C=O) groups is 1. The zero-order chi connectivity index (χ0) is 21.0. The maximum absolute atomic E-state index is 12.7.